The van der Waals surface area contributed by atoms with Gasteiger partial charge in [0, 0.05) is 0 Å². The van der Waals surface area contributed by atoms with Gasteiger partial charge in [-0.2, -0.15) is 8.42 Å². The molecule has 0 aliphatic heterocycles. The van der Waals surface area contributed by atoms with Gasteiger partial charge in [-0.05, 0) is 24.3 Å². The third kappa shape index (κ3) is 3.21. The van der Waals surface area contributed by atoms with E-state index in [2.05, 4.69) is 4.18 Å². The zero-order valence-corrected chi connectivity index (χ0v) is 9.23. The van der Waals surface area contributed by atoms with Crippen molar-refractivity contribution in [2.24, 2.45) is 0 Å². The fraction of sp³-hybridized carbons (Fsp3) is 0.222. The van der Waals surface area contributed by atoms with Crippen molar-refractivity contribution in [1.82, 2.24) is 0 Å². The van der Waals surface area contributed by atoms with Crippen LogP contribution in [0, 0.1) is 0 Å². The van der Waals surface area contributed by atoms with E-state index in [4.69, 9.17) is 9.84 Å². The maximum absolute atomic E-state index is 11.4. The van der Waals surface area contributed by atoms with E-state index in [1.165, 1.54) is 31.4 Å². The number of rotatable bonds is 5. The highest BCUT2D eigenvalue weighted by Crippen LogP contribution is 2.17. The Morgan fingerprint density at radius 3 is 2.31 bits per heavy atom. The van der Waals surface area contributed by atoms with E-state index in [1.54, 1.807) is 0 Å². The molecular weight excluding hydrogens is 236 g/mol. The number of aliphatic carboxylic acids is 1. The lowest BCUT2D eigenvalue weighted by Gasteiger charge is -2.04. The van der Waals surface area contributed by atoms with E-state index in [0.29, 0.717) is 5.75 Å². The molecule has 0 radical (unpaired) electrons. The summed E-state index contributed by atoms with van der Waals surface area (Å²) < 4.78 is 32.0. The molecule has 0 aliphatic carbocycles. The van der Waals surface area contributed by atoms with Crippen molar-refractivity contribution < 1.29 is 27.2 Å². The van der Waals surface area contributed by atoms with Crippen LogP contribution in [0.1, 0.15) is 0 Å². The molecule has 0 aliphatic rings. The number of methoxy groups -OCH3 is 1. The van der Waals surface area contributed by atoms with E-state index in [0.717, 1.165) is 0 Å². The first kappa shape index (κ1) is 12.5. The van der Waals surface area contributed by atoms with Gasteiger partial charge in [-0.1, -0.05) is 0 Å². The lowest BCUT2D eigenvalue weighted by molar-refractivity contribution is -0.139. The van der Waals surface area contributed by atoms with E-state index >= 15 is 0 Å². The molecule has 1 rings (SSSR count). The summed E-state index contributed by atoms with van der Waals surface area (Å²) in [6.07, 6.45) is 0. The molecule has 0 amide bonds. The van der Waals surface area contributed by atoms with E-state index in [-0.39, 0.29) is 4.90 Å². The van der Waals surface area contributed by atoms with Crippen molar-refractivity contribution in [1.29, 1.82) is 0 Å². The van der Waals surface area contributed by atoms with Crippen molar-refractivity contribution in [3.05, 3.63) is 24.3 Å². The lowest BCUT2D eigenvalue weighted by atomic mass is 10.3. The molecule has 1 aromatic carbocycles. The van der Waals surface area contributed by atoms with Gasteiger partial charge in [0.15, 0.2) is 6.61 Å². The number of carboxylic acid groups (broad SMARTS) is 1. The van der Waals surface area contributed by atoms with Crippen LogP contribution in [0.4, 0.5) is 0 Å². The Labute approximate surface area is 92.5 Å². The van der Waals surface area contributed by atoms with Gasteiger partial charge in [0.25, 0.3) is 10.1 Å². The molecule has 16 heavy (non-hydrogen) atoms. The molecule has 0 saturated carbocycles. The molecule has 0 spiro atoms. The van der Waals surface area contributed by atoms with Crippen LogP contribution in [0.3, 0.4) is 0 Å². The third-order valence-electron chi connectivity index (χ3n) is 1.69. The van der Waals surface area contributed by atoms with Gasteiger partial charge in [0.05, 0.1) is 12.0 Å². The van der Waals surface area contributed by atoms with Crippen LogP contribution in [0.25, 0.3) is 0 Å². The summed E-state index contributed by atoms with van der Waals surface area (Å²) in [5.74, 6) is -0.853. The smallest absolute Gasteiger partial charge is 0.331 e. The second-order valence-electron chi connectivity index (χ2n) is 2.79. The molecular formula is C9H10O6S. The second kappa shape index (κ2) is 4.95. The number of carboxylic acids is 1. The van der Waals surface area contributed by atoms with Crippen LogP contribution in [0.2, 0.25) is 0 Å². The van der Waals surface area contributed by atoms with Gasteiger partial charge in [-0.25, -0.2) is 4.79 Å². The summed E-state index contributed by atoms with van der Waals surface area (Å²) in [5.41, 5.74) is 0. The topological polar surface area (TPSA) is 89.9 Å². The quantitative estimate of drug-likeness (QED) is 0.760. The molecule has 7 heteroatoms. The fourth-order valence-corrected chi connectivity index (χ4v) is 1.80. The minimum Gasteiger partial charge on any atom is -0.497 e. The summed E-state index contributed by atoms with van der Waals surface area (Å²) in [6.45, 7) is -0.894. The predicted octanol–water partition coefficient (Wildman–Crippen LogP) is 0.485. The minimum atomic E-state index is -4.02. The third-order valence-corrected chi connectivity index (χ3v) is 2.96. The van der Waals surface area contributed by atoms with Crippen molar-refractivity contribution in [3.63, 3.8) is 0 Å². The van der Waals surface area contributed by atoms with Gasteiger partial charge in [0.1, 0.15) is 5.75 Å². The van der Waals surface area contributed by atoms with Crippen molar-refractivity contribution in [2.45, 2.75) is 4.90 Å². The molecule has 0 heterocycles. The Morgan fingerprint density at radius 2 is 1.88 bits per heavy atom. The summed E-state index contributed by atoms with van der Waals surface area (Å²) in [6, 6.07) is 5.43. The molecule has 0 fully saturated rings. The highest BCUT2D eigenvalue weighted by Gasteiger charge is 2.16. The average Bonchev–Trinajstić information content (AvgIpc) is 2.27. The van der Waals surface area contributed by atoms with Crippen LogP contribution < -0.4 is 4.74 Å². The second-order valence-corrected chi connectivity index (χ2v) is 4.40. The highest BCUT2D eigenvalue weighted by molar-refractivity contribution is 7.86. The molecule has 0 unspecified atom stereocenters. The molecule has 0 bridgehead atoms. The SMILES string of the molecule is COc1ccc(S(=O)(=O)OCC(=O)O)cc1. The van der Waals surface area contributed by atoms with Crippen molar-refractivity contribution in [3.8, 4) is 5.75 Å². The highest BCUT2D eigenvalue weighted by atomic mass is 32.2. The zero-order chi connectivity index (χ0) is 12.2. The predicted molar refractivity (Wildman–Crippen MR) is 53.8 cm³/mol. The number of benzene rings is 1. The maximum Gasteiger partial charge on any atom is 0.331 e. The molecule has 0 aromatic heterocycles. The molecule has 0 saturated heterocycles. The summed E-state index contributed by atoms with van der Waals surface area (Å²) >= 11 is 0. The van der Waals surface area contributed by atoms with E-state index in [9.17, 15) is 13.2 Å². The van der Waals surface area contributed by atoms with Gasteiger partial charge in [-0.15, -0.1) is 0 Å². The largest absolute Gasteiger partial charge is 0.497 e. The Morgan fingerprint density at radius 1 is 1.31 bits per heavy atom. The van der Waals surface area contributed by atoms with Crippen LogP contribution in [0.5, 0.6) is 5.75 Å². The minimum absolute atomic E-state index is 0.116. The number of carbonyl (C=O) groups is 1. The molecule has 1 aromatic rings. The zero-order valence-electron chi connectivity index (χ0n) is 8.41. The number of hydrogen-bond acceptors (Lipinski definition) is 5. The summed E-state index contributed by atoms with van der Waals surface area (Å²) in [5, 5.41) is 8.30. The van der Waals surface area contributed by atoms with Crippen LogP contribution in [-0.4, -0.2) is 33.2 Å². The van der Waals surface area contributed by atoms with Gasteiger partial charge in [0.2, 0.25) is 0 Å². The van der Waals surface area contributed by atoms with E-state index < -0.39 is 22.7 Å². The molecule has 0 atom stereocenters. The van der Waals surface area contributed by atoms with Gasteiger partial charge in [-0.3, -0.25) is 4.18 Å². The Kier molecular flexibility index (Phi) is 3.86. The molecule has 1 N–H and O–H groups in total. The summed E-state index contributed by atoms with van der Waals surface area (Å²) in [7, 11) is -2.57. The standard InChI is InChI=1S/C9H10O6S/c1-14-7-2-4-8(5-3-7)16(12,13)15-6-9(10)11/h2-5H,6H2,1H3,(H,10,11). The van der Waals surface area contributed by atoms with Crippen molar-refractivity contribution in [2.75, 3.05) is 13.7 Å². The van der Waals surface area contributed by atoms with Crippen molar-refractivity contribution >= 4 is 16.1 Å². The first-order chi connectivity index (χ1) is 7.45. The summed E-state index contributed by atoms with van der Waals surface area (Å²) in [4.78, 5) is 10.1. The Hall–Kier alpha value is -1.60. The fourth-order valence-electron chi connectivity index (χ4n) is 0.938. The maximum atomic E-state index is 11.4. The van der Waals surface area contributed by atoms with E-state index in [1.807, 2.05) is 0 Å². The Bertz CT molecular complexity index is 461. The number of hydrogen-bond donors (Lipinski definition) is 1. The van der Waals surface area contributed by atoms with Gasteiger partial charge >= 0.3 is 5.97 Å². The normalized spacial score (nSPS) is 11.1. The van der Waals surface area contributed by atoms with Crippen LogP contribution >= 0.6 is 0 Å². The molecule has 6 nitrogen and oxygen atoms in total. The van der Waals surface area contributed by atoms with Crippen LogP contribution in [-0.2, 0) is 19.1 Å². The van der Waals surface area contributed by atoms with Gasteiger partial charge < -0.3 is 9.84 Å². The average molecular weight is 246 g/mol. The lowest BCUT2D eigenvalue weighted by Crippen LogP contribution is -2.13. The molecule has 88 valence electrons. The van der Waals surface area contributed by atoms with Crippen LogP contribution in [0.15, 0.2) is 29.2 Å². The first-order valence-electron chi connectivity index (χ1n) is 4.21. The first-order valence-corrected chi connectivity index (χ1v) is 5.62. The Balaban J connectivity index is 2.85. The number of ether oxygens (including phenoxy) is 1. The monoisotopic (exact) mass is 246 g/mol.